The molecular formula is C15H23FN2. The summed E-state index contributed by atoms with van der Waals surface area (Å²) in [5.74, 6) is 0.622. The molecule has 18 heavy (non-hydrogen) atoms. The first kappa shape index (κ1) is 13.3. The van der Waals surface area contributed by atoms with Crippen LogP contribution >= 0.6 is 0 Å². The molecule has 0 unspecified atom stereocenters. The normalized spacial score (nSPS) is 16.7. The maximum absolute atomic E-state index is 13.4. The van der Waals surface area contributed by atoms with Crippen LogP contribution in [0.15, 0.2) is 18.2 Å². The lowest BCUT2D eigenvalue weighted by atomic mass is 10.0. The van der Waals surface area contributed by atoms with E-state index in [0.29, 0.717) is 0 Å². The van der Waals surface area contributed by atoms with Gasteiger partial charge in [0.1, 0.15) is 5.82 Å². The highest BCUT2D eigenvalue weighted by Crippen LogP contribution is 2.33. The molecular weight excluding hydrogens is 227 g/mol. The summed E-state index contributed by atoms with van der Waals surface area (Å²) < 4.78 is 13.4. The van der Waals surface area contributed by atoms with E-state index >= 15 is 0 Å². The zero-order valence-electron chi connectivity index (χ0n) is 11.3. The van der Waals surface area contributed by atoms with Crippen LogP contribution in [0, 0.1) is 11.7 Å². The summed E-state index contributed by atoms with van der Waals surface area (Å²) in [6.45, 7) is 6.19. The smallest absolute Gasteiger partial charge is 0.123 e. The fourth-order valence-corrected chi connectivity index (χ4v) is 2.37. The second-order valence-corrected chi connectivity index (χ2v) is 5.38. The second kappa shape index (κ2) is 5.70. The zero-order chi connectivity index (χ0) is 13.1. The molecule has 0 aliphatic heterocycles. The number of rotatable bonds is 6. The number of hydrogen-bond donors (Lipinski definition) is 1. The molecule has 1 fully saturated rings. The van der Waals surface area contributed by atoms with Crippen LogP contribution in [0.1, 0.15) is 44.7 Å². The maximum Gasteiger partial charge on any atom is 0.123 e. The van der Waals surface area contributed by atoms with Crippen molar-refractivity contribution in [1.29, 1.82) is 0 Å². The lowest BCUT2D eigenvalue weighted by Crippen LogP contribution is -2.28. The van der Waals surface area contributed by atoms with Crippen LogP contribution in [-0.4, -0.2) is 13.1 Å². The first-order valence-electron chi connectivity index (χ1n) is 6.91. The first-order chi connectivity index (χ1) is 8.61. The van der Waals surface area contributed by atoms with Gasteiger partial charge in [0.05, 0.1) is 0 Å². The van der Waals surface area contributed by atoms with Crippen molar-refractivity contribution >= 4 is 5.69 Å². The van der Waals surface area contributed by atoms with Crippen molar-refractivity contribution < 1.29 is 4.39 Å². The zero-order valence-corrected chi connectivity index (χ0v) is 11.3. The van der Waals surface area contributed by atoms with Crippen molar-refractivity contribution in [2.45, 2.75) is 39.2 Å². The predicted molar refractivity (Wildman–Crippen MR) is 74.2 cm³/mol. The van der Waals surface area contributed by atoms with Gasteiger partial charge in [-0.05, 0) is 55.9 Å². The van der Waals surface area contributed by atoms with Gasteiger partial charge in [-0.15, -0.1) is 0 Å². The number of hydrogen-bond acceptors (Lipinski definition) is 2. The number of nitrogens with two attached hydrogens (primary N) is 1. The molecule has 1 aliphatic rings. The third kappa shape index (κ3) is 3.22. The minimum Gasteiger partial charge on any atom is -0.371 e. The first-order valence-corrected chi connectivity index (χ1v) is 6.91. The van der Waals surface area contributed by atoms with Crippen LogP contribution in [0.25, 0.3) is 0 Å². The molecule has 1 aliphatic carbocycles. The standard InChI is InChI=1S/C15H23FN2/c1-3-8-18(10-12-4-5-12)15-7-6-13(16)9-14(15)11(2)17/h6-7,9,11-12H,3-5,8,10,17H2,1-2H3/t11-/m1/s1. The molecule has 0 heterocycles. The van der Waals surface area contributed by atoms with Crippen LogP contribution in [0.3, 0.4) is 0 Å². The Bertz CT molecular complexity index is 399. The van der Waals surface area contributed by atoms with Gasteiger partial charge in [0.25, 0.3) is 0 Å². The molecule has 2 rings (SSSR count). The van der Waals surface area contributed by atoms with Gasteiger partial charge in [0, 0.05) is 24.8 Å². The summed E-state index contributed by atoms with van der Waals surface area (Å²) in [7, 11) is 0. The quantitative estimate of drug-likeness (QED) is 0.837. The summed E-state index contributed by atoms with van der Waals surface area (Å²) in [5, 5.41) is 0. The SMILES string of the molecule is CCCN(CC1CC1)c1ccc(F)cc1[C@@H](C)N. The Morgan fingerprint density at radius 3 is 2.72 bits per heavy atom. The van der Waals surface area contributed by atoms with E-state index in [9.17, 15) is 4.39 Å². The minimum absolute atomic E-state index is 0.130. The van der Waals surface area contributed by atoms with Crippen molar-refractivity contribution in [3.05, 3.63) is 29.6 Å². The van der Waals surface area contributed by atoms with Crippen molar-refractivity contribution in [3.63, 3.8) is 0 Å². The van der Waals surface area contributed by atoms with Crippen LogP contribution in [0.2, 0.25) is 0 Å². The van der Waals surface area contributed by atoms with Gasteiger partial charge < -0.3 is 10.6 Å². The Kier molecular flexibility index (Phi) is 4.23. The number of halogens is 1. The van der Waals surface area contributed by atoms with Gasteiger partial charge in [0.15, 0.2) is 0 Å². The predicted octanol–water partition coefficient (Wildman–Crippen LogP) is 3.47. The molecule has 1 aromatic carbocycles. The molecule has 0 aromatic heterocycles. The Balaban J connectivity index is 2.26. The van der Waals surface area contributed by atoms with E-state index in [0.717, 1.165) is 36.7 Å². The van der Waals surface area contributed by atoms with Crippen molar-refractivity contribution in [2.75, 3.05) is 18.0 Å². The second-order valence-electron chi connectivity index (χ2n) is 5.38. The Morgan fingerprint density at radius 2 is 2.17 bits per heavy atom. The molecule has 1 saturated carbocycles. The van der Waals surface area contributed by atoms with Gasteiger partial charge in [-0.3, -0.25) is 0 Å². The van der Waals surface area contributed by atoms with E-state index in [1.54, 1.807) is 6.07 Å². The van der Waals surface area contributed by atoms with E-state index in [1.165, 1.54) is 18.9 Å². The van der Waals surface area contributed by atoms with Crippen molar-refractivity contribution in [3.8, 4) is 0 Å². The molecule has 0 spiro atoms. The van der Waals surface area contributed by atoms with Crippen molar-refractivity contribution in [2.24, 2.45) is 11.7 Å². The van der Waals surface area contributed by atoms with E-state index in [2.05, 4.69) is 11.8 Å². The van der Waals surface area contributed by atoms with E-state index in [4.69, 9.17) is 5.73 Å². The summed E-state index contributed by atoms with van der Waals surface area (Å²) in [6.07, 6.45) is 3.76. The monoisotopic (exact) mass is 250 g/mol. The topological polar surface area (TPSA) is 29.3 Å². The molecule has 2 nitrogen and oxygen atoms in total. The summed E-state index contributed by atoms with van der Waals surface area (Å²) in [4.78, 5) is 2.37. The Morgan fingerprint density at radius 1 is 1.44 bits per heavy atom. The number of benzene rings is 1. The number of anilines is 1. The largest absolute Gasteiger partial charge is 0.371 e. The third-order valence-corrected chi connectivity index (χ3v) is 3.49. The molecule has 0 radical (unpaired) electrons. The fourth-order valence-electron chi connectivity index (χ4n) is 2.37. The fraction of sp³-hybridized carbons (Fsp3) is 0.600. The van der Waals surface area contributed by atoms with Crippen LogP contribution in [-0.2, 0) is 0 Å². The molecule has 3 heteroatoms. The summed E-state index contributed by atoms with van der Waals surface area (Å²) in [6, 6.07) is 4.87. The minimum atomic E-state index is -0.200. The Labute approximate surface area is 109 Å². The lowest BCUT2D eigenvalue weighted by Gasteiger charge is -2.28. The molecule has 1 atom stereocenters. The highest BCUT2D eigenvalue weighted by Gasteiger charge is 2.25. The highest BCUT2D eigenvalue weighted by atomic mass is 19.1. The maximum atomic E-state index is 13.4. The van der Waals surface area contributed by atoms with Crippen LogP contribution in [0.5, 0.6) is 0 Å². The van der Waals surface area contributed by atoms with Gasteiger partial charge in [0.2, 0.25) is 0 Å². The highest BCUT2D eigenvalue weighted by molar-refractivity contribution is 5.55. The van der Waals surface area contributed by atoms with E-state index in [-0.39, 0.29) is 11.9 Å². The average molecular weight is 250 g/mol. The molecule has 0 saturated heterocycles. The van der Waals surface area contributed by atoms with Gasteiger partial charge >= 0.3 is 0 Å². The van der Waals surface area contributed by atoms with E-state index in [1.807, 2.05) is 13.0 Å². The third-order valence-electron chi connectivity index (χ3n) is 3.49. The molecule has 1 aromatic rings. The Hall–Kier alpha value is -1.09. The lowest BCUT2D eigenvalue weighted by molar-refractivity contribution is 0.620. The summed E-state index contributed by atoms with van der Waals surface area (Å²) in [5.41, 5.74) is 8.00. The number of nitrogens with zero attached hydrogens (tertiary/aromatic N) is 1. The van der Waals surface area contributed by atoms with Gasteiger partial charge in [-0.1, -0.05) is 6.92 Å². The molecule has 0 amide bonds. The van der Waals surface area contributed by atoms with Crippen molar-refractivity contribution in [1.82, 2.24) is 0 Å². The summed E-state index contributed by atoms with van der Waals surface area (Å²) >= 11 is 0. The van der Waals surface area contributed by atoms with Gasteiger partial charge in [-0.25, -0.2) is 4.39 Å². The molecule has 2 N–H and O–H groups in total. The van der Waals surface area contributed by atoms with Gasteiger partial charge in [-0.2, -0.15) is 0 Å². The average Bonchev–Trinajstić information content (AvgIpc) is 3.12. The van der Waals surface area contributed by atoms with E-state index < -0.39 is 0 Å². The van der Waals surface area contributed by atoms with Crippen LogP contribution < -0.4 is 10.6 Å². The van der Waals surface area contributed by atoms with Crippen LogP contribution in [0.4, 0.5) is 10.1 Å². The molecule has 100 valence electrons. The molecule has 0 bridgehead atoms.